The van der Waals surface area contributed by atoms with E-state index in [0.717, 1.165) is 11.3 Å². The lowest BCUT2D eigenvalue weighted by atomic mass is 10.2. The van der Waals surface area contributed by atoms with Gasteiger partial charge >= 0.3 is 0 Å². The fraction of sp³-hybridized carbons (Fsp3) is 0.375. The van der Waals surface area contributed by atoms with Crippen molar-refractivity contribution in [2.75, 3.05) is 19.8 Å². The predicted molar refractivity (Wildman–Crippen MR) is 90.5 cm³/mol. The number of ether oxygens (including phenoxy) is 1. The van der Waals surface area contributed by atoms with Crippen molar-refractivity contribution < 1.29 is 14.3 Å². The summed E-state index contributed by atoms with van der Waals surface area (Å²) in [7, 11) is 0. The average molecular weight is 350 g/mol. The van der Waals surface area contributed by atoms with Crippen molar-refractivity contribution in [1.29, 1.82) is 0 Å². The van der Waals surface area contributed by atoms with Crippen LogP contribution < -0.4 is 5.32 Å². The van der Waals surface area contributed by atoms with Gasteiger partial charge in [0.1, 0.15) is 12.6 Å². The zero-order chi connectivity index (χ0) is 16.1. The molecule has 7 heteroatoms. The van der Waals surface area contributed by atoms with Crippen molar-refractivity contribution in [3.63, 3.8) is 0 Å². The van der Waals surface area contributed by atoms with Gasteiger partial charge in [0.15, 0.2) is 0 Å². The smallest absolute Gasteiger partial charge is 0.249 e. The van der Waals surface area contributed by atoms with Crippen LogP contribution in [0.15, 0.2) is 35.0 Å². The molecule has 0 bridgehead atoms. The van der Waals surface area contributed by atoms with Crippen LogP contribution in [0.2, 0.25) is 0 Å². The Hall–Kier alpha value is -1.70. The quantitative estimate of drug-likeness (QED) is 0.866. The fourth-order valence-electron chi connectivity index (χ4n) is 2.47. The van der Waals surface area contributed by atoms with Crippen molar-refractivity contribution in [2.45, 2.75) is 19.0 Å². The Bertz CT molecular complexity index is 640. The molecule has 0 unspecified atom stereocenters. The zero-order valence-corrected chi connectivity index (χ0v) is 14.2. The summed E-state index contributed by atoms with van der Waals surface area (Å²) < 4.78 is 5.27. The molecule has 0 radical (unpaired) electrons. The number of nitrogens with zero attached hydrogens (tertiary/aromatic N) is 1. The van der Waals surface area contributed by atoms with Gasteiger partial charge < -0.3 is 15.0 Å². The van der Waals surface area contributed by atoms with Gasteiger partial charge in [-0.15, -0.1) is 22.7 Å². The van der Waals surface area contributed by atoms with Crippen LogP contribution in [-0.2, 0) is 27.3 Å². The average Bonchev–Trinajstić information content (AvgIpc) is 3.22. The minimum Gasteiger partial charge on any atom is -0.369 e. The first kappa shape index (κ1) is 16.2. The summed E-state index contributed by atoms with van der Waals surface area (Å²) in [5, 5.41) is 6.91. The highest BCUT2D eigenvalue weighted by Crippen LogP contribution is 2.17. The summed E-state index contributed by atoms with van der Waals surface area (Å²) in [5.74, 6) is -0.283. The molecule has 0 aromatic carbocycles. The van der Waals surface area contributed by atoms with E-state index in [1.165, 1.54) is 4.88 Å². The highest BCUT2D eigenvalue weighted by molar-refractivity contribution is 7.10. The van der Waals surface area contributed by atoms with Gasteiger partial charge in [-0.3, -0.25) is 9.59 Å². The SMILES string of the molecule is O=C(NCCc1cccs1)[C@@H]1COCC(=O)N1Cc1cccs1. The van der Waals surface area contributed by atoms with Crippen LogP contribution in [0.4, 0.5) is 0 Å². The highest BCUT2D eigenvalue weighted by atomic mass is 32.1. The van der Waals surface area contributed by atoms with Gasteiger partial charge in [-0.2, -0.15) is 0 Å². The molecule has 5 nitrogen and oxygen atoms in total. The monoisotopic (exact) mass is 350 g/mol. The minimum atomic E-state index is -0.554. The lowest BCUT2D eigenvalue weighted by Gasteiger charge is -2.34. The maximum Gasteiger partial charge on any atom is 0.249 e. The van der Waals surface area contributed by atoms with Crippen LogP contribution in [0.25, 0.3) is 0 Å². The standard InChI is InChI=1S/C16H18N2O3S2/c19-15-11-21-10-14(18(15)9-13-4-2-8-23-13)16(20)17-6-5-12-3-1-7-22-12/h1-4,7-8,14H,5-6,9-11H2,(H,17,20)/t14-/m0/s1. The molecule has 0 saturated carbocycles. The van der Waals surface area contributed by atoms with Gasteiger partial charge in [0.2, 0.25) is 11.8 Å². The van der Waals surface area contributed by atoms with Crippen molar-refractivity contribution in [3.05, 3.63) is 44.8 Å². The molecule has 1 fully saturated rings. The molecule has 3 heterocycles. The highest BCUT2D eigenvalue weighted by Gasteiger charge is 2.34. The number of carbonyl (C=O) groups excluding carboxylic acids is 2. The Morgan fingerprint density at radius 1 is 1.26 bits per heavy atom. The van der Waals surface area contributed by atoms with Gasteiger partial charge in [0.25, 0.3) is 0 Å². The van der Waals surface area contributed by atoms with Gasteiger partial charge in [-0.05, 0) is 29.3 Å². The van der Waals surface area contributed by atoms with E-state index in [1.54, 1.807) is 27.6 Å². The second-order valence-corrected chi connectivity index (χ2v) is 7.32. The number of carbonyl (C=O) groups is 2. The molecule has 0 spiro atoms. The maximum atomic E-state index is 12.4. The fourth-order valence-corrected chi connectivity index (χ4v) is 3.88. The number of morpholine rings is 1. The summed E-state index contributed by atoms with van der Waals surface area (Å²) in [4.78, 5) is 28.5. The number of nitrogens with one attached hydrogen (secondary N) is 1. The first-order valence-corrected chi connectivity index (χ1v) is 9.19. The van der Waals surface area contributed by atoms with Crippen molar-refractivity contribution in [2.24, 2.45) is 0 Å². The van der Waals surface area contributed by atoms with Crippen molar-refractivity contribution >= 4 is 34.5 Å². The Kier molecular flexibility index (Phi) is 5.43. The number of amides is 2. The summed E-state index contributed by atoms with van der Waals surface area (Å²) in [5.41, 5.74) is 0. The van der Waals surface area contributed by atoms with Crippen LogP contribution in [0, 0.1) is 0 Å². The first-order chi connectivity index (χ1) is 11.2. The van der Waals surface area contributed by atoms with E-state index < -0.39 is 6.04 Å². The third-order valence-corrected chi connectivity index (χ3v) is 5.45. The summed E-state index contributed by atoms with van der Waals surface area (Å²) in [6, 6.07) is 7.41. The second kappa shape index (κ2) is 7.72. The summed E-state index contributed by atoms with van der Waals surface area (Å²) in [6.07, 6.45) is 0.801. The third-order valence-electron chi connectivity index (χ3n) is 3.66. The number of rotatable bonds is 6. The van der Waals surface area contributed by atoms with Crippen LogP contribution in [0.1, 0.15) is 9.75 Å². The molecule has 2 amide bonds. The minimum absolute atomic E-state index is 0.0460. The molecule has 23 heavy (non-hydrogen) atoms. The number of hydrogen-bond acceptors (Lipinski definition) is 5. The molecule has 1 saturated heterocycles. The third kappa shape index (κ3) is 4.19. The largest absolute Gasteiger partial charge is 0.369 e. The van der Waals surface area contributed by atoms with E-state index >= 15 is 0 Å². The molecule has 3 rings (SSSR count). The molecular formula is C16H18N2O3S2. The van der Waals surface area contributed by atoms with Crippen LogP contribution >= 0.6 is 22.7 Å². The molecular weight excluding hydrogens is 332 g/mol. The maximum absolute atomic E-state index is 12.4. The Morgan fingerprint density at radius 2 is 2.00 bits per heavy atom. The summed E-state index contributed by atoms with van der Waals surface area (Å²) >= 11 is 3.26. The topological polar surface area (TPSA) is 58.6 Å². The second-order valence-electron chi connectivity index (χ2n) is 5.25. The van der Waals surface area contributed by atoms with E-state index in [9.17, 15) is 9.59 Å². The molecule has 1 atom stereocenters. The molecule has 1 N–H and O–H groups in total. The van der Waals surface area contributed by atoms with Gasteiger partial charge in [-0.25, -0.2) is 0 Å². The summed E-state index contributed by atoms with van der Waals surface area (Å²) in [6.45, 7) is 1.33. The lowest BCUT2D eigenvalue weighted by Crippen LogP contribution is -2.56. The van der Waals surface area contributed by atoms with E-state index in [2.05, 4.69) is 5.32 Å². The molecule has 1 aliphatic rings. The van der Waals surface area contributed by atoms with Crippen LogP contribution in [-0.4, -0.2) is 42.5 Å². The Labute approximate surface area is 142 Å². The van der Waals surface area contributed by atoms with E-state index in [0.29, 0.717) is 13.1 Å². The van der Waals surface area contributed by atoms with E-state index in [1.807, 2.05) is 35.0 Å². The van der Waals surface area contributed by atoms with Crippen molar-refractivity contribution in [1.82, 2.24) is 10.2 Å². The Morgan fingerprint density at radius 3 is 2.70 bits per heavy atom. The molecule has 122 valence electrons. The van der Waals surface area contributed by atoms with E-state index in [-0.39, 0.29) is 25.0 Å². The van der Waals surface area contributed by atoms with Gasteiger partial charge in [0.05, 0.1) is 13.2 Å². The molecule has 1 aliphatic heterocycles. The number of hydrogen-bond donors (Lipinski definition) is 1. The lowest BCUT2D eigenvalue weighted by molar-refractivity contribution is -0.155. The van der Waals surface area contributed by atoms with Crippen molar-refractivity contribution in [3.8, 4) is 0 Å². The first-order valence-electron chi connectivity index (χ1n) is 7.44. The van der Waals surface area contributed by atoms with Gasteiger partial charge in [0, 0.05) is 16.3 Å². The Balaban J connectivity index is 1.58. The normalized spacial score (nSPS) is 18.2. The number of thiophene rings is 2. The predicted octanol–water partition coefficient (Wildman–Crippen LogP) is 1.90. The molecule has 2 aromatic heterocycles. The molecule has 0 aliphatic carbocycles. The molecule has 2 aromatic rings. The van der Waals surface area contributed by atoms with Gasteiger partial charge in [-0.1, -0.05) is 12.1 Å². The van der Waals surface area contributed by atoms with Crippen LogP contribution in [0.3, 0.4) is 0 Å². The van der Waals surface area contributed by atoms with Crippen LogP contribution in [0.5, 0.6) is 0 Å². The zero-order valence-electron chi connectivity index (χ0n) is 12.6. The van der Waals surface area contributed by atoms with E-state index in [4.69, 9.17) is 4.74 Å².